The number of furan rings is 1. The molecule has 1 heterocycles. The van der Waals surface area contributed by atoms with Crippen molar-refractivity contribution in [3.63, 3.8) is 0 Å². The summed E-state index contributed by atoms with van der Waals surface area (Å²) < 4.78 is 16.2. The van der Waals surface area contributed by atoms with E-state index in [0.717, 1.165) is 10.9 Å². The molecule has 0 N–H and O–H groups in total. The second kappa shape index (κ2) is 6.34. The smallest absolute Gasteiger partial charge is 0.374 e. The zero-order valence-corrected chi connectivity index (χ0v) is 13.5. The number of fused-ring (bicyclic) bond motifs is 1. The lowest BCUT2D eigenvalue weighted by atomic mass is 10.1. The van der Waals surface area contributed by atoms with Crippen molar-refractivity contribution >= 4 is 28.5 Å². The van der Waals surface area contributed by atoms with Crippen molar-refractivity contribution in [2.45, 2.75) is 13.5 Å². The lowest BCUT2D eigenvalue weighted by molar-refractivity contribution is 0.0566. The standard InChI is InChI=1S/C18H15ClO4/c1-11-16-14(22-10-12-6-8-13(19)9-7-12)4-3-5-15(16)23-17(11)18(20)21-2/h3-9H,10H2,1-2H3. The van der Waals surface area contributed by atoms with Crippen molar-refractivity contribution in [2.24, 2.45) is 0 Å². The van der Waals surface area contributed by atoms with Gasteiger partial charge < -0.3 is 13.9 Å². The van der Waals surface area contributed by atoms with Gasteiger partial charge in [0.1, 0.15) is 17.9 Å². The largest absolute Gasteiger partial charge is 0.488 e. The number of esters is 1. The fraction of sp³-hybridized carbons (Fsp3) is 0.167. The van der Waals surface area contributed by atoms with Gasteiger partial charge in [0.15, 0.2) is 0 Å². The van der Waals surface area contributed by atoms with E-state index in [1.165, 1.54) is 7.11 Å². The Hall–Kier alpha value is -2.46. The predicted octanol–water partition coefficient (Wildman–Crippen LogP) is 4.76. The van der Waals surface area contributed by atoms with Crippen LogP contribution in [0, 0.1) is 6.92 Å². The maximum absolute atomic E-state index is 11.8. The first-order valence-electron chi connectivity index (χ1n) is 7.08. The van der Waals surface area contributed by atoms with E-state index in [2.05, 4.69) is 0 Å². The molecule has 118 valence electrons. The summed E-state index contributed by atoms with van der Waals surface area (Å²) in [6.45, 7) is 2.21. The zero-order chi connectivity index (χ0) is 16.4. The Morgan fingerprint density at radius 3 is 2.61 bits per heavy atom. The third kappa shape index (κ3) is 3.03. The summed E-state index contributed by atoms with van der Waals surface area (Å²) in [5.74, 6) is 0.362. The van der Waals surface area contributed by atoms with E-state index in [9.17, 15) is 4.79 Å². The minimum atomic E-state index is -0.498. The fourth-order valence-electron chi connectivity index (χ4n) is 2.42. The van der Waals surface area contributed by atoms with Gasteiger partial charge in [0, 0.05) is 10.6 Å². The van der Waals surface area contributed by atoms with Crippen LogP contribution in [0.2, 0.25) is 5.02 Å². The maximum atomic E-state index is 11.8. The molecule has 3 aromatic rings. The minimum absolute atomic E-state index is 0.199. The van der Waals surface area contributed by atoms with Crippen LogP contribution < -0.4 is 4.74 Å². The number of carbonyl (C=O) groups is 1. The summed E-state index contributed by atoms with van der Waals surface area (Å²) in [4.78, 5) is 11.8. The molecule has 0 aliphatic heterocycles. The Morgan fingerprint density at radius 1 is 1.17 bits per heavy atom. The van der Waals surface area contributed by atoms with E-state index < -0.39 is 5.97 Å². The summed E-state index contributed by atoms with van der Waals surface area (Å²) in [7, 11) is 1.33. The number of hydrogen-bond donors (Lipinski definition) is 0. The molecule has 1 aromatic heterocycles. The Balaban J connectivity index is 1.93. The van der Waals surface area contributed by atoms with Crippen LogP contribution in [0.25, 0.3) is 11.0 Å². The van der Waals surface area contributed by atoms with Gasteiger partial charge in [-0.1, -0.05) is 29.8 Å². The average molecular weight is 331 g/mol. The van der Waals surface area contributed by atoms with Gasteiger partial charge in [0.25, 0.3) is 0 Å². The average Bonchev–Trinajstić information content (AvgIpc) is 2.91. The van der Waals surface area contributed by atoms with E-state index in [-0.39, 0.29) is 5.76 Å². The third-order valence-electron chi connectivity index (χ3n) is 3.59. The normalized spacial score (nSPS) is 10.7. The van der Waals surface area contributed by atoms with Gasteiger partial charge in [0.05, 0.1) is 12.5 Å². The summed E-state index contributed by atoms with van der Waals surface area (Å²) in [6.07, 6.45) is 0. The first-order valence-corrected chi connectivity index (χ1v) is 7.45. The Kier molecular flexibility index (Phi) is 4.26. The van der Waals surface area contributed by atoms with Crippen molar-refractivity contribution in [3.8, 4) is 5.75 Å². The molecule has 0 bridgehead atoms. The maximum Gasteiger partial charge on any atom is 0.374 e. The molecule has 0 radical (unpaired) electrons. The van der Waals surface area contributed by atoms with Gasteiger partial charge >= 0.3 is 5.97 Å². The van der Waals surface area contributed by atoms with Gasteiger partial charge in [-0.15, -0.1) is 0 Å². The van der Waals surface area contributed by atoms with Crippen molar-refractivity contribution in [1.82, 2.24) is 0 Å². The second-order valence-corrected chi connectivity index (χ2v) is 5.53. The molecule has 0 atom stereocenters. The highest BCUT2D eigenvalue weighted by atomic mass is 35.5. The molecule has 23 heavy (non-hydrogen) atoms. The van der Waals surface area contributed by atoms with Gasteiger partial charge in [0.2, 0.25) is 5.76 Å². The van der Waals surface area contributed by atoms with Crippen LogP contribution in [-0.2, 0) is 11.3 Å². The number of benzene rings is 2. The van der Waals surface area contributed by atoms with Crippen LogP contribution in [0.3, 0.4) is 0 Å². The SMILES string of the molecule is COC(=O)c1oc2cccc(OCc3ccc(Cl)cc3)c2c1C. The summed E-state index contributed by atoms with van der Waals surface area (Å²) >= 11 is 5.88. The molecule has 0 amide bonds. The van der Waals surface area contributed by atoms with E-state index >= 15 is 0 Å². The number of carbonyl (C=O) groups excluding carboxylic acids is 1. The molecule has 0 saturated heterocycles. The zero-order valence-electron chi connectivity index (χ0n) is 12.8. The first-order chi connectivity index (χ1) is 11.1. The molecule has 0 fully saturated rings. The molecule has 2 aromatic carbocycles. The number of aryl methyl sites for hydroxylation is 1. The Morgan fingerprint density at radius 2 is 1.91 bits per heavy atom. The quantitative estimate of drug-likeness (QED) is 0.647. The van der Waals surface area contributed by atoms with Crippen molar-refractivity contribution in [1.29, 1.82) is 0 Å². The van der Waals surface area contributed by atoms with E-state index in [0.29, 0.717) is 28.5 Å². The number of rotatable bonds is 4. The molecule has 0 aliphatic carbocycles. The van der Waals surface area contributed by atoms with Gasteiger partial charge in [-0.3, -0.25) is 0 Å². The van der Waals surface area contributed by atoms with Crippen LogP contribution in [0.5, 0.6) is 5.75 Å². The molecule has 0 unspecified atom stereocenters. The van der Waals surface area contributed by atoms with Crippen LogP contribution >= 0.6 is 11.6 Å². The van der Waals surface area contributed by atoms with Crippen LogP contribution in [0.15, 0.2) is 46.9 Å². The molecular formula is C18H15ClO4. The molecule has 5 heteroatoms. The van der Waals surface area contributed by atoms with Crippen molar-refractivity contribution in [3.05, 3.63) is 64.4 Å². The molecule has 0 aliphatic rings. The van der Waals surface area contributed by atoms with Crippen molar-refractivity contribution in [2.75, 3.05) is 7.11 Å². The highest BCUT2D eigenvalue weighted by Gasteiger charge is 2.20. The number of halogens is 1. The fourth-order valence-corrected chi connectivity index (χ4v) is 2.54. The summed E-state index contributed by atoms with van der Waals surface area (Å²) in [5.41, 5.74) is 2.30. The minimum Gasteiger partial charge on any atom is -0.488 e. The monoisotopic (exact) mass is 330 g/mol. The highest BCUT2D eigenvalue weighted by Crippen LogP contribution is 2.33. The van der Waals surface area contributed by atoms with Crippen LogP contribution in [0.4, 0.5) is 0 Å². The Bertz CT molecular complexity index is 849. The number of ether oxygens (including phenoxy) is 2. The van der Waals surface area contributed by atoms with Gasteiger partial charge in [-0.2, -0.15) is 0 Å². The van der Waals surface area contributed by atoms with Gasteiger partial charge in [-0.25, -0.2) is 4.79 Å². The van der Waals surface area contributed by atoms with E-state index in [1.54, 1.807) is 6.07 Å². The number of methoxy groups -OCH3 is 1. The first kappa shape index (κ1) is 15.4. The summed E-state index contributed by atoms with van der Waals surface area (Å²) in [5, 5.41) is 1.46. The predicted molar refractivity (Wildman–Crippen MR) is 88.1 cm³/mol. The molecule has 0 spiro atoms. The lowest BCUT2D eigenvalue weighted by Crippen LogP contribution is -2.01. The van der Waals surface area contributed by atoms with Crippen molar-refractivity contribution < 1.29 is 18.7 Å². The lowest BCUT2D eigenvalue weighted by Gasteiger charge is -2.08. The highest BCUT2D eigenvalue weighted by molar-refractivity contribution is 6.30. The van der Waals surface area contributed by atoms with Crippen LogP contribution in [-0.4, -0.2) is 13.1 Å². The second-order valence-electron chi connectivity index (χ2n) is 5.09. The van der Waals surface area contributed by atoms with Crippen LogP contribution in [0.1, 0.15) is 21.7 Å². The van der Waals surface area contributed by atoms with Gasteiger partial charge in [-0.05, 0) is 36.8 Å². The van der Waals surface area contributed by atoms with E-state index in [4.69, 9.17) is 25.5 Å². The Labute approximate surface area is 138 Å². The van der Waals surface area contributed by atoms with E-state index in [1.807, 2.05) is 43.3 Å². The molecular weight excluding hydrogens is 316 g/mol. The molecule has 3 rings (SSSR count). The topological polar surface area (TPSA) is 48.7 Å². The molecule has 4 nitrogen and oxygen atoms in total. The summed E-state index contributed by atoms with van der Waals surface area (Å²) in [6, 6.07) is 12.9. The molecule has 0 saturated carbocycles. The number of hydrogen-bond acceptors (Lipinski definition) is 4. The third-order valence-corrected chi connectivity index (χ3v) is 3.85.